The third kappa shape index (κ3) is 3.65. The SMILES string of the molecule is CC(NC(=O)c1ccc(O)cc1F)c1ccc(Cl)cc1Cl. The smallest absolute Gasteiger partial charge is 0.254 e. The van der Waals surface area contributed by atoms with E-state index in [-0.39, 0.29) is 11.3 Å². The Morgan fingerprint density at radius 1 is 1.24 bits per heavy atom. The second-order valence-electron chi connectivity index (χ2n) is 4.53. The first-order chi connectivity index (χ1) is 9.88. The average Bonchev–Trinajstić information content (AvgIpc) is 2.37. The first kappa shape index (κ1) is 15.6. The molecule has 2 aromatic rings. The highest BCUT2D eigenvalue weighted by Crippen LogP contribution is 2.26. The molecule has 0 heterocycles. The molecule has 2 aromatic carbocycles. The number of phenols is 1. The predicted molar refractivity (Wildman–Crippen MR) is 80.4 cm³/mol. The molecule has 1 amide bonds. The van der Waals surface area contributed by atoms with Gasteiger partial charge in [0, 0.05) is 16.1 Å². The molecular formula is C15H12Cl2FNO2. The van der Waals surface area contributed by atoms with Gasteiger partial charge in [-0.2, -0.15) is 0 Å². The molecule has 0 aliphatic carbocycles. The van der Waals surface area contributed by atoms with Gasteiger partial charge < -0.3 is 10.4 Å². The molecule has 0 aliphatic heterocycles. The van der Waals surface area contributed by atoms with Crippen molar-refractivity contribution in [1.29, 1.82) is 0 Å². The van der Waals surface area contributed by atoms with Crippen LogP contribution in [0.4, 0.5) is 4.39 Å². The van der Waals surface area contributed by atoms with Crippen LogP contribution < -0.4 is 5.32 Å². The van der Waals surface area contributed by atoms with E-state index < -0.39 is 17.8 Å². The summed E-state index contributed by atoms with van der Waals surface area (Å²) in [4.78, 5) is 12.0. The third-order valence-corrected chi connectivity index (χ3v) is 3.54. The minimum Gasteiger partial charge on any atom is -0.508 e. The maximum absolute atomic E-state index is 13.6. The topological polar surface area (TPSA) is 49.3 Å². The van der Waals surface area contributed by atoms with E-state index >= 15 is 0 Å². The monoisotopic (exact) mass is 327 g/mol. The largest absolute Gasteiger partial charge is 0.508 e. The van der Waals surface area contributed by atoms with E-state index in [0.717, 1.165) is 6.07 Å². The number of carbonyl (C=O) groups excluding carboxylic acids is 1. The molecule has 2 N–H and O–H groups in total. The summed E-state index contributed by atoms with van der Waals surface area (Å²) in [6.45, 7) is 1.73. The Bertz CT molecular complexity index is 691. The number of hydrogen-bond acceptors (Lipinski definition) is 2. The second kappa shape index (κ2) is 6.33. The summed E-state index contributed by atoms with van der Waals surface area (Å²) in [6, 6.07) is 7.86. The van der Waals surface area contributed by atoms with Gasteiger partial charge in [0.05, 0.1) is 11.6 Å². The lowest BCUT2D eigenvalue weighted by Gasteiger charge is -2.16. The molecule has 1 unspecified atom stereocenters. The fourth-order valence-electron chi connectivity index (χ4n) is 1.89. The molecule has 0 radical (unpaired) electrons. The van der Waals surface area contributed by atoms with Crippen LogP contribution in [0.1, 0.15) is 28.9 Å². The lowest BCUT2D eigenvalue weighted by Crippen LogP contribution is -2.27. The fourth-order valence-corrected chi connectivity index (χ4v) is 2.47. The van der Waals surface area contributed by atoms with Crippen molar-refractivity contribution in [2.45, 2.75) is 13.0 Å². The summed E-state index contributed by atoms with van der Waals surface area (Å²) in [5.41, 5.74) is 0.526. The zero-order chi connectivity index (χ0) is 15.6. The van der Waals surface area contributed by atoms with E-state index in [4.69, 9.17) is 28.3 Å². The lowest BCUT2D eigenvalue weighted by atomic mass is 10.1. The summed E-state index contributed by atoms with van der Waals surface area (Å²) in [5.74, 6) is -1.62. The molecule has 110 valence electrons. The summed E-state index contributed by atoms with van der Waals surface area (Å²) < 4.78 is 13.6. The van der Waals surface area contributed by atoms with E-state index in [0.29, 0.717) is 15.6 Å². The lowest BCUT2D eigenvalue weighted by molar-refractivity contribution is 0.0936. The number of benzene rings is 2. The van der Waals surface area contributed by atoms with Crippen molar-refractivity contribution in [1.82, 2.24) is 5.32 Å². The third-order valence-electron chi connectivity index (χ3n) is 2.97. The van der Waals surface area contributed by atoms with Crippen LogP contribution in [0.5, 0.6) is 5.75 Å². The molecule has 0 saturated heterocycles. The Labute approximate surface area is 131 Å². The summed E-state index contributed by atoms with van der Waals surface area (Å²) in [7, 11) is 0. The van der Waals surface area contributed by atoms with Gasteiger partial charge in [0.25, 0.3) is 5.91 Å². The van der Waals surface area contributed by atoms with E-state index in [1.807, 2.05) is 0 Å². The molecule has 0 spiro atoms. The van der Waals surface area contributed by atoms with Gasteiger partial charge in [-0.25, -0.2) is 4.39 Å². The van der Waals surface area contributed by atoms with E-state index in [1.165, 1.54) is 12.1 Å². The van der Waals surface area contributed by atoms with Gasteiger partial charge in [-0.1, -0.05) is 29.3 Å². The highest BCUT2D eigenvalue weighted by molar-refractivity contribution is 6.35. The van der Waals surface area contributed by atoms with Gasteiger partial charge in [-0.15, -0.1) is 0 Å². The summed E-state index contributed by atoms with van der Waals surface area (Å²) in [6.07, 6.45) is 0. The number of amides is 1. The highest BCUT2D eigenvalue weighted by atomic mass is 35.5. The van der Waals surface area contributed by atoms with E-state index in [2.05, 4.69) is 5.32 Å². The molecule has 1 atom stereocenters. The van der Waals surface area contributed by atoms with Crippen LogP contribution in [0.15, 0.2) is 36.4 Å². The predicted octanol–water partition coefficient (Wildman–Crippen LogP) is 4.33. The summed E-state index contributed by atoms with van der Waals surface area (Å²) in [5, 5.41) is 12.7. The molecule has 0 saturated carbocycles. The Morgan fingerprint density at radius 3 is 2.57 bits per heavy atom. The van der Waals surface area contributed by atoms with Crippen molar-refractivity contribution in [3.05, 3.63) is 63.4 Å². The number of phenolic OH excluding ortho intramolecular Hbond substituents is 1. The fraction of sp³-hybridized carbons (Fsp3) is 0.133. The molecular weight excluding hydrogens is 316 g/mol. The van der Waals surface area contributed by atoms with Crippen LogP contribution in [-0.4, -0.2) is 11.0 Å². The Balaban J connectivity index is 2.18. The molecule has 0 fully saturated rings. The van der Waals surface area contributed by atoms with Crippen molar-refractivity contribution < 1.29 is 14.3 Å². The normalized spacial score (nSPS) is 12.0. The number of hydrogen-bond donors (Lipinski definition) is 2. The van der Waals surface area contributed by atoms with Crippen molar-refractivity contribution >= 4 is 29.1 Å². The molecule has 2 rings (SSSR count). The number of aromatic hydroxyl groups is 1. The maximum Gasteiger partial charge on any atom is 0.254 e. The standard InChI is InChI=1S/C15H12Cl2FNO2/c1-8(11-4-2-9(16)6-13(11)17)19-15(21)12-5-3-10(20)7-14(12)18/h2-8,20H,1H3,(H,19,21). The number of carbonyl (C=O) groups is 1. The highest BCUT2D eigenvalue weighted by Gasteiger charge is 2.17. The van der Waals surface area contributed by atoms with Crippen LogP contribution in [0.2, 0.25) is 10.0 Å². The van der Waals surface area contributed by atoms with E-state index in [9.17, 15) is 9.18 Å². The van der Waals surface area contributed by atoms with Crippen LogP contribution in [0, 0.1) is 5.82 Å². The van der Waals surface area contributed by atoms with Crippen molar-refractivity contribution in [2.75, 3.05) is 0 Å². The zero-order valence-electron chi connectivity index (χ0n) is 11.0. The van der Waals surface area contributed by atoms with Crippen molar-refractivity contribution in [3.8, 4) is 5.75 Å². The van der Waals surface area contributed by atoms with Crippen LogP contribution in [0.25, 0.3) is 0 Å². The maximum atomic E-state index is 13.6. The van der Waals surface area contributed by atoms with Gasteiger partial charge in [0.1, 0.15) is 11.6 Å². The average molecular weight is 328 g/mol. The molecule has 3 nitrogen and oxygen atoms in total. The quantitative estimate of drug-likeness (QED) is 0.881. The summed E-state index contributed by atoms with van der Waals surface area (Å²) >= 11 is 11.9. The molecule has 21 heavy (non-hydrogen) atoms. The first-order valence-corrected chi connectivity index (χ1v) is 6.88. The van der Waals surface area contributed by atoms with Crippen molar-refractivity contribution in [2.24, 2.45) is 0 Å². The zero-order valence-corrected chi connectivity index (χ0v) is 12.5. The van der Waals surface area contributed by atoms with Gasteiger partial charge in [0.2, 0.25) is 0 Å². The Morgan fingerprint density at radius 2 is 1.95 bits per heavy atom. The Kier molecular flexibility index (Phi) is 4.70. The van der Waals surface area contributed by atoms with E-state index in [1.54, 1.807) is 25.1 Å². The van der Waals surface area contributed by atoms with Crippen molar-refractivity contribution in [3.63, 3.8) is 0 Å². The second-order valence-corrected chi connectivity index (χ2v) is 5.37. The number of nitrogens with one attached hydrogen (secondary N) is 1. The van der Waals surface area contributed by atoms with Gasteiger partial charge in [-0.05, 0) is 36.8 Å². The minimum atomic E-state index is -0.790. The number of halogens is 3. The Hall–Kier alpha value is -1.78. The first-order valence-electron chi connectivity index (χ1n) is 6.13. The molecule has 0 aliphatic rings. The van der Waals surface area contributed by atoms with Crippen LogP contribution in [0.3, 0.4) is 0 Å². The molecule has 0 aromatic heterocycles. The van der Waals surface area contributed by atoms with Gasteiger partial charge in [-0.3, -0.25) is 4.79 Å². The number of rotatable bonds is 3. The van der Waals surface area contributed by atoms with Gasteiger partial charge in [0.15, 0.2) is 0 Å². The van der Waals surface area contributed by atoms with Crippen LogP contribution in [-0.2, 0) is 0 Å². The molecule has 0 bridgehead atoms. The van der Waals surface area contributed by atoms with Crippen LogP contribution >= 0.6 is 23.2 Å². The minimum absolute atomic E-state index is 0.148. The van der Waals surface area contributed by atoms with Gasteiger partial charge >= 0.3 is 0 Å². The molecule has 6 heteroatoms.